The van der Waals surface area contributed by atoms with Crippen molar-refractivity contribution in [2.24, 2.45) is 0 Å². The van der Waals surface area contributed by atoms with Crippen LogP contribution in [0, 0.1) is 0 Å². The number of amides is 1. The number of thiophene rings is 1. The van der Waals surface area contributed by atoms with Crippen molar-refractivity contribution in [1.82, 2.24) is 10.3 Å². The molecule has 2 heterocycles. The molecule has 0 aliphatic rings. The van der Waals surface area contributed by atoms with E-state index in [2.05, 4.69) is 15.6 Å². The normalized spacial score (nSPS) is 11.0. The third-order valence-electron chi connectivity index (χ3n) is 3.30. The van der Waals surface area contributed by atoms with Crippen LogP contribution in [0.5, 0.6) is 11.6 Å². The van der Waals surface area contributed by atoms with Crippen molar-refractivity contribution in [2.75, 3.05) is 5.32 Å². The van der Waals surface area contributed by atoms with Gasteiger partial charge in [-0.1, -0.05) is 18.2 Å². The summed E-state index contributed by atoms with van der Waals surface area (Å²) < 4.78 is 43.6. The maximum atomic E-state index is 12.7. The first kappa shape index (κ1) is 19.8. The summed E-state index contributed by atoms with van der Waals surface area (Å²) in [4.78, 5) is 15.9. The second-order valence-corrected chi connectivity index (χ2v) is 6.73. The number of rotatable bonds is 4. The Kier molecular flexibility index (Phi) is 5.90. The van der Waals surface area contributed by atoms with E-state index in [9.17, 15) is 18.0 Å². The smallest absolute Gasteiger partial charge is 0.433 e. The van der Waals surface area contributed by atoms with Crippen molar-refractivity contribution < 1.29 is 22.7 Å². The van der Waals surface area contributed by atoms with Gasteiger partial charge < -0.3 is 10.1 Å². The molecular formula is C18H12F3N3O2S2. The van der Waals surface area contributed by atoms with Crippen LogP contribution < -0.4 is 15.4 Å². The molecule has 0 saturated carbocycles. The average molecular weight is 423 g/mol. The zero-order valence-corrected chi connectivity index (χ0v) is 15.6. The number of pyridine rings is 1. The first-order chi connectivity index (χ1) is 13.3. The van der Waals surface area contributed by atoms with Gasteiger partial charge in [-0.15, -0.1) is 11.3 Å². The number of carbonyl (C=O) groups is 1. The van der Waals surface area contributed by atoms with Crippen LogP contribution in [0.25, 0.3) is 0 Å². The molecule has 0 unspecified atom stereocenters. The van der Waals surface area contributed by atoms with E-state index in [0.717, 1.165) is 6.07 Å². The van der Waals surface area contributed by atoms with Gasteiger partial charge in [-0.2, -0.15) is 13.2 Å². The van der Waals surface area contributed by atoms with Crippen LogP contribution in [-0.4, -0.2) is 16.0 Å². The molecule has 3 rings (SSSR count). The third kappa shape index (κ3) is 5.27. The first-order valence-electron chi connectivity index (χ1n) is 7.79. The van der Waals surface area contributed by atoms with Crippen LogP contribution in [-0.2, 0) is 6.18 Å². The summed E-state index contributed by atoms with van der Waals surface area (Å²) >= 11 is 6.38. The highest BCUT2D eigenvalue weighted by molar-refractivity contribution is 7.80. The van der Waals surface area contributed by atoms with Gasteiger partial charge in [0.25, 0.3) is 5.91 Å². The van der Waals surface area contributed by atoms with E-state index < -0.39 is 11.9 Å². The van der Waals surface area contributed by atoms with Gasteiger partial charge in [0.15, 0.2) is 5.11 Å². The molecule has 3 aromatic rings. The number of hydrogen-bond donors (Lipinski definition) is 2. The largest absolute Gasteiger partial charge is 0.439 e. The number of hydrogen-bond acceptors (Lipinski definition) is 5. The molecule has 0 aliphatic heterocycles. The summed E-state index contributed by atoms with van der Waals surface area (Å²) in [5.74, 6) is -0.280. The minimum Gasteiger partial charge on any atom is -0.439 e. The number of ether oxygens (including phenoxy) is 1. The Morgan fingerprint density at radius 3 is 2.61 bits per heavy atom. The zero-order chi connectivity index (χ0) is 20.1. The van der Waals surface area contributed by atoms with Crippen molar-refractivity contribution in [2.45, 2.75) is 6.18 Å². The van der Waals surface area contributed by atoms with Crippen molar-refractivity contribution in [3.63, 3.8) is 0 Å². The molecule has 1 amide bonds. The lowest BCUT2D eigenvalue weighted by Crippen LogP contribution is -2.33. The Hall–Kier alpha value is -2.98. The molecule has 1 aromatic carbocycles. The van der Waals surface area contributed by atoms with Gasteiger partial charge in [0.05, 0.1) is 4.88 Å². The number of anilines is 1. The van der Waals surface area contributed by atoms with Crippen LogP contribution in [0.1, 0.15) is 15.4 Å². The van der Waals surface area contributed by atoms with Gasteiger partial charge in [0.1, 0.15) is 11.4 Å². The number of halogens is 3. The average Bonchev–Trinajstić information content (AvgIpc) is 3.16. The van der Waals surface area contributed by atoms with E-state index in [0.29, 0.717) is 10.6 Å². The van der Waals surface area contributed by atoms with Gasteiger partial charge in [0.2, 0.25) is 5.88 Å². The highest BCUT2D eigenvalue weighted by Gasteiger charge is 2.32. The molecule has 0 saturated heterocycles. The van der Waals surface area contributed by atoms with Gasteiger partial charge >= 0.3 is 6.18 Å². The summed E-state index contributed by atoms with van der Waals surface area (Å²) in [5.41, 5.74) is -0.558. The Labute approximate surface area is 167 Å². The Bertz CT molecular complexity index is 992. The number of nitrogens with one attached hydrogen (secondary N) is 2. The predicted molar refractivity (Wildman–Crippen MR) is 104 cm³/mol. The number of alkyl halides is 3. The molecule has 0 bridgehead atoms. The maximum Gasteiger partial charge on any atom is 0.433 e. The molecule has 0 spiro atoms. The summed E-state index contributed by atoms with van der Waals surface area (Å²) in [6, 6.07) is 13.2. The fourth-order valence-corrected chi connectivity index (χ4v) is 2.95. The Balaban J connectivity index is 1.66. The lowest BCUT2D eigenvalue weighted by molar-refractivity contribution is -0.141. The second-order valence-electron chi connectivity index (χ2n) is 5.37. The third-order valence-corrected chi connectivity index (χ3v) is 4.37. The molecular weight excluding hydrogens is 411 g/mol. The minimum atomic E-state index is -4.56. The summed E-state index contributed by atoms with van der Waals surface area (Å²) in [6.45, 7) is 0. The fraction of sp³-hybridized carbons (Fsp3) is 0.0556. The molecule has 0 aliphatic carbocycles. The summed E-state index contributed by atoms with van der Waals surface area (Å²) in [7, 11) is 0. The number of aromatic nitrogens is 1. The Morgan fingerprint density at radius 2 is 1.89 bits per heavy atom. The standard InChI is InChI=1S/C18H12F3N3O2S2/c19-18(20,21)14-7-2-8-15(23-14)26-12-5-1-4-11(10-12)22-17(27)24-16(25)13-6-3-9-28-13/h1-10H,(H2,22,24,25,27). The van der Waals surface area contributed by atoms with E-state index in [1.54, 1.807) is 35.7 Å². The molecule has 144 valence electrons. The number of thiocarbonyl (C=S) groups is 1. The van der Waals surface area contributed by atoms with Gasteiger partial charge in [-0.05, 0) is 41.9 Å². The quantitative estimate of drug-likeness (QED) is 0.573. The van der Waals surface area contributed by atoms with E-state index in [-0.39, 0.29) is 22.6 Å². The Morgan fingerprint density at radius 1 is 1.11 bits per heavy atom. The molecule has 2 aromatic heterocycles. The van der Waals surface area contributed by atoms with Crippen LogP contribution in [0.2, 0.25) is 0 Å². The molecule has 10 heteroatoms. The van der Waals surface area contributed by atoms with Gasteiger partial charge in [-0.25, -0.2) is 4.98 Å². The molecule has 28 heavy (non-hydrogen) atoms. The topological polar surface area (TPSA) is 63.2 Å². The van der Waals surface area contributed by atoms with Crippen molar-refractivity contribution in [3.05, 3.63) is 70.5 Å². The SMILES string of the molecule is O=C(NC(=S)Nc1cccc(Oc2cccc(C(F)(F)F)n2)c1)c1cccs1. The highest BCUT2D eigenvalue weighted by atomic mass is 32.1. The van der Waals surface area contributed by atoms with E-state index in [1.165, 1.54) is 29.5 Å². The number of carbonyl (C=O) groups excluding carboxylic acids is 1. The predicted octanol–water partition coefficient (Wildman–Crippen LogP) is 5.08. The van der Waals surface area contributed by atoms with Crippen molar-refractivity contribution in [3.8, 4) is 11.6 Å². The lowest BCUT2D eigenvalue weighted by Gasteiger charge is -2.11. The van der Waals surface area contributed by atoms with Gasteiger partial charge in [-0.3, -0.25) is 10.1 Å². The summed E-state index contributed by atoms with van der Waals surface area (Å²) in [6.07, 6.45) is -4.56. The second kappa shape index (κ2) is 8.36. The molecule has 0 atom stereocenters. The molecule has 0 radical (unpaired) electrons. The van der Waals surface area contributed by atoms with Crippen LogP contribution >= 0.6 is 23.6 Å². The highest BCUT2D eigenvalue weighted by Crippen LogP contribution is 2.30. The van der Waals surface area contributed by atoms with Crippen LogP contribution in [0.3, 0.4) is 0 Å². The van der Waals surface area contributed by atoms with Gasteiger partial charge in [0, 0.05) is 17.8 Å². The van der Waals surface area contributed by atoms with Crippen molar-refractivity contribution in [1.29, 1.82) is 0 Å². The first-order valence-corrected chi connectivity index (χ1v) is 9.08. The summed E-state index contributed by atoms with van der Waals surface area (Å²) in [5, 5.41) is 7.21. The van der Waals surface area contributed by atoms with E-state index >= 15 is 0 Å². The van der Waals surface area contributed by atoms with Crippen molar-refractivity contribution >= 4 is 40.3 Å². The molecule has 0 fully saturated rings. The fourth-order valence-electron chi connectivity index (χ4n) is 2.12. The number of benzene rings is 1. The van der Waals surface area contributed by atoms with E-state index in [1.807, 2.05) is 0 Å². The van der Waals surface area contributed by atoms with Crippen LogP contribution in [0.4, 0.5) is 18.9 Å². The zero-order valence-electron chi connectivity index (χ0n) is 14.0. The monoisotopic (exact) mass is 423 g/mol. The number of nitrogens with zero attached hydrogens (tertiary/aromatic N) is 1. The minimum absolute atomic E-state index is 0.0766. The lowest BCUT2D eigenvalue weighted by atomic mass is 10.3. The van der Waals surface area contributed by atoms with Crippen LogP contribution in [0.15, 0.2) is 60.0 Å². The molecule has 2 N–H and O–H groups in total. The van der Waals surface area contributed by atoms with E-state index in [4.69, 9.17) is 17.0 Å². The molecule has 5 nitrogen and oxygen atoms in total. The maximum absolute atomic E-state index is 12.7.